The van der Waals surface area contributed by atoms with Gasteiger partial charge in [-0.05, 0) is 18.9 Å². The van der Waals surface area contributed by atoms with Crippen LogP contribution in [-0.4, -0.2) is 11.0 Å². The average Bonchev–Trinajstić information content (AvgIpc) is 2.97. The fraction of sp³-hybridized carbons (Fsp3) is 0.300. The quantitative estimate of drug-likeness (QED) is 0.766. The van der Waals surface area contributed by atoms with E-state index in [4.69, 9.17) is 16.7 Å². The van der Waals surface area contributed by atoms with Gasteiger partial charge in [0.15, 0.2) is 0 Å². The molecule has 0 spiro atoms. The molecule has 15 heavy (non-hydrogen) atoms. The van der Waals surface area contributed by atoms with Crippen LogP contribution in [0.5, 0.6) is 5.75 Å². The van der Waals surface area contributed by atoms with Gasteiger partial charge in [-0.2, -0.15) is 0 Å². The topological polar surface area (TPSA) is 49.3 Å². The number of nitrogens with one attached hydrogen (secondary N) is 1. The summed E-state index contributed by atoms with van der Waals surface area (Å²) in [6.07, 6.45) is 1.69. The summed E-state index contributed by atoms with van der Waals surface area (Å²) < 4.78 is 13.2. The molecule has 3 nitrogen and oxygen atoms in total. The van der Waals surface area contributed by atoms with E-state index in [1.165, 1.54) is 6.07 Å². The highest BCUT2D eigenvalue weighted by Gasteiger charge is 2.30. The molecule has 1 aliphatic carbocycles. The number of aromatic hydroxyl groups is 1. The highest BCUT2D eigenvalue weighted by molar-refractivity contribution is 6.32. The van der Waals surface area contributed by atoms with Gasteiger partial charge in [-0.1, -0.05) is 11.6 Å². The van der Waals surface area contributed by atoms with Gasteiger partial charge in [-0.3, -0.25) is 4.79 Å². The van der Waals surface area contributed by atoms with Crippen molar-refractivity contribution < 1.29 is 14.3 Å². The Kier molecular flexibility index (Phi) is 2.52. The van der Waals surface area contributed by atoms with Crippen molar-refractivity contribution in [2.45, 2.75) is 12.8 Å². The van der Waals surface area contributed by atoms with Crippen LogP contribution in [-0.2, 0) is 4.79 Å². The van der Waals surface area contributed by atoms with E-state index in [1.807, 2.05) is 0 Å². The Hall–Kier alpha value is -1.29. The minimum atomic E-state index is -0.689. The maximum atomic E-state index is 13.2. The molecule has 1 aromatic rings. The molecule has 2 N–H and O–H groups in total. The van der Waals surface area contributed by atoms with Crippen molar-refractivity contribution in [2.75, 3.05) is 5.32 Å². The molecule has 80 valence electrons. The summed E-state index contributed by atoms with van der Waals surface area (Å²) in [5.74, 6) is -1.22. The largest absolute Gasteiger partial charge is 0.506 e. The van der Waals surface area contributed by atoms with Crippen molar-refractivity contribution in [3.05, 3.63) is 23.0 Å². The van der Waals surface area contributed by atoms with E-state index < -0.39 is 5.82 Å². The molecular formula is C10H9ClFNO2. The van der Waals surface area contributed by atoms with Gasteiger partial charge in [-0.25, -0.2) is 4.39 Å². The SMILES string of the molecule is O=C(Nc1cc(Cl)c(O)cc1F)C1CC1. The Morgan fingerprint density at radius 1 is 1.53 bits per heavy atom. The highest BCUT2D eigenvalue weighted by atomic mass is 35.5. The third-order valence-corrected chi connectivity index (χ3v) is 2.55. The van der Waals surface area contributed by atoms with Crippen molar-refractivity contribution >= 4 is 23.2 Å². The van der Waals surface area contributed by atoms with Gasteiger partial charge in [0.2, 0.25) is 5.91 Å². The lowest BCUT2D eigenvalue weighted by Crippen LogP contribution is -2.14. The number of phenolic OH excluding ortho intramolecular Hbond substituents is 1. The first-order valence-electron chi connectivity index (χ1n) is 4.57. The van der Waals surface area contributed by atoms with E-state index >= 15 is 0 Å². The molecule has 0 aliphatic heterocycles. The number of rotatable bonds is 2. The number of halogens is 2. The summed E-state index contributed by atoms with van der Waals surface area (Å²) in [5, 5.41) is 11.5. The molecule has 1 fully saturated rings. The number of phenols is 1. The molecule has 1 amide bonds. The minimum absolute atomic E-state index is 0.00280. The first kappa shape index (κ1) is 10.2. The summed E-state index contributed by atoms with van der Waals surface area (Å²) in [6.45, 7) is 0. The predicted octanol–water partition coefficient (Wildman–Crippen LogP) is 2.53. The van der Waals surface area contributed by atoms with Gasteiger partial charge in [0.25, 0.3) is 0 Å². The molecule has 1 saturated carbocycles. The van der Waals surface area contributed by atoms with E-state index in [2.05, 4.69) is 5.32 Å². The van der Waals surface area contributed by atoms with Crippen LogP contribution in [0.4, 0.5) is 10.1 Å². The Morgan fingerprint density at radius 3 is 2.80 bits per heavy atom. The second-order valence-corrected chi connectivity index (χ2v) is 3.95. The van der Waals surface area contributed by atoms with Crippen molar-refractivity contribution in [1.29, 1.82) is 0 Å². The molecule has 0 atom stereocenters. The summed E-state index contributed by atoms with van der Waals surface area (Å²) in [6, 6.07) is 2.08. The minimum Gasteiger partial charge on any atom is -0.506 e. The summed E-state index contributed by atoms with van der Waals surface area (Å²) in [4.78, 5) is 11.3. The third kappa shape index (κ3) is 2.21. The Morgan fingerprint density at radius 2 is 2.20 bits per heavy atom. The predicted molar refractivity (Wildman–Crippen MR) is 54.4 cm³/mol. The van der Waals surface area contributed by atoms with Gasteiger partial charge in [0.1, 0.15) is 11.6 Å². The number of benzene rings is 1. The van der Waals surface area contributed by atoms with E-state index in [1.54, 1.807) is 0 Å². The number of amides is 1. The molecular weight excluding hydrogens is 221 g/mol. The number of carbonyl (C=O) groups excluding carboxylic acids is 1. The lowest BCUT2D eigenvalue weighted by Gasteiger charge is -2.06. The lowest BCUT2D eigenvalue weighted by atomic mass is 10.2. The van der Waals surface area contributed by atoms with Crippen molar-refractivity contribution in [1.82, 2.24) is 0 Å². The zero-order chi connectivity index (χ0) is 11.0. The van der Waals surface area contributed by atoms with Crippen molar-refractivity contribution in [3.8, 4) is 5.75 Å². The van der Waals surface area contributed by atoms with E-state index in [0.717, 1.165) is 18.9 Å². The van der Waals surface area contributed by atoms with Gasteiger partial charge < -0.3 is 10.4 Å². The number of hydrogen-bond acceptors (Lipinski definition) is 2. The fourth-order valence-electron chi connectivity index (χ4n) is 1.21. The molecule has 0 aromatic heterocycles. The van der Waals surface area contributed by atoms with E-state index in [0.29, 0.717) is 0 Å². The second-order valence-electron chi connectivity index (χ2n) is 3.55. The van der Waals surface area contributed by atoms with Crippen molar-refractivity contribution in [2.24, 2.45) is 5.92 Å². The molecule has 0 unspecified atom stereocenters. The molecule has 0 saturated heterocycles. The van der Waals surface area contributed by atoms with Crippen LogP contribution < -0.4 is 5.32 Å². The Bertz CT molecular complexity index is 418. The summed E-state index contributed by atoms with van der Waals surface area (Å²) in [5.41, 5.74) is 0.00898. The molecule has 0 radical (unpaired) electrons. The molecule has 2 rings (SSSR count). The maximum Gasteiger partial charge on any atom is 0.227 e. The number of carbonyl (C=O) groups is 1. The maximum absolute atomic E-state index is 13.2. The van der Waals surface area contributed by atoms with Gasteiger partial charge in [0, 0.05) is 12.0 Å². The monoisotopic (exact) mass is 229 g/mol. The number of hydrogen-bond donors (Lipinski definition) is 2. The lowest BCUT2D eigenvalue weighted by molar-refractivity contribution is -0.117. The van der Waals surface area contributed by atoms with E-state index in [-0.39, 0.29) is 28.3 Å². The zero-order valence-corrected chi connectivity index (χ0v) is 8.51. The standard InChI is InChI=1S/C10H9ClFNO2/c11-6-3-8(7(12)4-9(6)14)13-10(15)5-1-2-5/h3-5,14H,1-2H2,(H,13,15). The van der Waals surface area contributed by atoms with E-state index in [9.17, 15) is 9.18 Å². The van der Waals surface area contributed by atoms with Crippen LogP contribution in [0.1, 0.15) is 12.8 Å². The molecule has 0 bridgehead atoms. The molecule has 0 heterocycles. The Labute approximate surface area is 90.9 Å². The Balaban J connectivity index is 2.20. The van der Waals surface area contributed by atoms with Crippen LogP contribution in [0.3, 0.4) is 0 Å². The first-order chi connectivity index (χ1) is 7.08. The summed E-state index contributed by atoms with van der Waals surface area (Å²) in [7, 11) is 0. The van der Waals surface area contributed by atoms with Crippen molar-refractivity contribution in [3.63, 3.8) is 0 Å². The average molecular weight is 230 g/mol. The molecule has 1 aromatic carbocycles. The fourth-order valence-corrected chi connectivity index (χ4v) is 1.38. The van der Waals surface area contributed by atoms with Crippen LogP contribution in [0.25, 0.3) is 0 Å². The summed E-state index contributed by atoms with van der Waals surface area (Å²) >= 11 is 5.60. The van der Waals surface area contributed by atoms with Crippen LogP contribution in [0.15, 0.2) is 12.1 Å². The third-order valence-electron chi connectivity index (χ3n) is 2.24. The van der Waals surface area contributed by atoms with Crippen LogP contribution in [0.2, 0.25) is 5.02 Å². The van der Waals surface area contributed by atoms with Crippen LogP contribution in [0, 0.1) is 11.7 Å². The normalized spacial score (nSPS) is 15.1. The smallest absolute Gasteiger partial charge is 0.227 e. The van der Waals surface area contributed by atoms with Crippen LogP contribution >= 0.6 is 11.6 Å². The van der Waals surface area contributed by atoms with Gasteiger partial charge in [-0.15, -0.1) is 0 Å². The zero-order valence-electron chi connectivity index (χ0n) is 7.76. The van der Waals surface area contributed by atoms with Gasteiger partial charge >= 0.3 is 0 Å². The highest BCUT2D eigenvalue weighted by Crippen LogP contribution is 2.33. The molecule has 1 aliphatic rings. The number of anilines is 1. The first-order valence-corrected chi connectivity index (χ1v) is 4.94. The van der Waals surface area contributed by atoms with Gasteiger partial charge in [0.05, 0.1) is 10.7 Å². The second kappa shape index (κ2) is 3.70. The molecule has 5 heteroatoms.